The first-order valence-corrected chi connectivity index (χ1v) is 5.80. The number of aliphatic hydroxyl groups excluding tert-OH is 1. The summed E-state index contributed by atoms with van der Waals surface area (Å²) < 4.78 is 38.7. The van der Waals surface area contributed by atoms with Crippen LogP contribution >= 0.6 is 0 Å². The monoisotopic (exact) mass is 266 g/mol. The highest BCUT2D eigenvalue weighted by atomic mass is 19.4. The first-order valence-electron chi connectivity index (χ1n) is 5.80. The van der Waals surface area contributed by atoms with E-state index < -0.39 is 17.8 Å². The third-order valence-electron chi connectivity index (χ3n) is 2.92. The molecule has 2 aromatic carbocycles. The van der Waals surface area contributed by atoms with E-state index in [2.05, 4.69) is 0 Å². The van der Waals surface area contributed by atoms with E-state index in [0.717, 1.165) is 11.6 Å². The van der Waals surface area contributed by atoms with E-state index in [4.69, 9.17) is 0 Å². The second-order valence-corrected chi connectivity index (χ2v) is 4.40. The minimum atomic E-state index is -4.47. The standard InChI is InChI=1S/C15H13F3O/c1-10-5-4-6-11(9-10)14(19)12-7-2-3-8-13(12)15(16,17)18/h2-9,14,19H,1H3. The van der Waals surface area contributed by atoms with E-state index in [1.807, 2.05) is 13.0 Å². The van der Waals surface area contributed by atoms with Crippen molar-refractivity contribution < 1.29 is 18.3 Å². The lowest BCUT2D eigenvalue weighted by molar-refractivity contribution is -0.139. The Labute approximate surface area is 109 Å². The zero-order valence-corrected chi connectivity index (χ0v) is 10.3. The van der Waals surface area contributed by atoms with Crippen LogP contribution in [-0.2, 0) is 6.18 Å². The van der Waals surface area contributed by atoms with Crippen LogP contribution in [0.3, 0.4) is 0 Å². The molecule has 1 nitrogen and oxygen atoms in total. The second-order valence-electron chi connectivity index (χ2n) is 4.40. The van der Waals surface area contributed by atoms with Gasteiger partial charge in [0.15, 0.2) is 0 Å². The number of halogens is 3. The number of rotatable bonds is 2. The van der Waals surface area contributed by atoms with Crippen LogP contribution in [0.25, 0.3) is 0 Å². The summed E-state index contributed by atoms with van der Waals surface area (Å²) in [4.78, 5) is 0. The molecule has 0 saturated heterocycles. The quantitative estimate of drug-likeness (QED) is 0.867. The second kappa shape index (κ2) is 5.05. The predicted molar refractivity (Wildman–Crippen MR) is 66.7 cm³/mol. The van der Waals surface area contributed by atoms with Gasteiger partial charge >= 0.3 is 6.18 Å². The van der Waals surface area contributed by atoms with Crippen molar-refractivity contribution in [2.45, 2.75) is 19.2 Å². The van der Waals surface area contributed by atoms with Gasteiger partial charge in [0.05, 0.1) is 5.56 Å². The Morgan fingerprint density at radius 3 is 2.32 bits per heavy atom. The van der Waals surface area contributed by atoms with Crippen molar-refractivity contribution in [3.05, 3.63) is 70.8 Å². The van der Waals surface area contributed by atoms with Crippen LogP contribution in [0.1, 0.15) is 28.4 Å². The summed E-state index contributed by atoms with van der Waals surface area (Å²) in [6, 6.07) is 11.9. The van der Waals surface area contributed by atoms with Crippen LogP contribution in [-0.4, -0.2) is 5.11 Å². The Kier molecular flexibility index (Phi) is 3.62. The van der Waals surface area contributed by atoms with Crippen molar-refractivity contribution in [1.82, 2.24) is 0 Å². The van der Waals surface area contributed by atoms with E-state index in [-0.39, 0.29) is 5.56 Å². The Hall–Kier alpha value is -1.81. The minimum Gasteiger partial charge on any atom is -0.384 e. The molecule has 1 unspecified atom stereocenters. The van der Waals surface area contributed by atoms with Crippen molar-refractivity contribution in [2.24, 2.45) is 0 Å². The first kappa shape index (κ1) is 13.6. The van der Waals surface area contributed by atoms with Crippen molar-refractivity contribution in [2.75, 3.05) is 0 Å². The SMILES string of the molecule is Cc1cccc(C(O)c2ccccc2C(F)(F)F)c1. The van der Waals surface area contributed by atoms with Crippen LogP contribution in [0.2, 0.25) is 0 Å². The smallest absolute Gasteiger partial charge is 0.384 e. The number of alkyl halides is 3. The molecule has 0 aromatic heterocycles. The molecule has 0 heterocycles. The molecule has 19 heavy (non-hydrogen) atoms. The van der Waals surface area contributed by atoms with Gasteiger partial charge in [-0.15, -0.1) is 0 Å². The van der Waals surface area contributed by atoms with Gasteiger partial charge in [0.25, 0.3) is 0 Å². The van der Waals surface area contributed by atoms with Gasteiger partial charge in [0.2, 0.25) is 0 Å². The molecule has 0 saturated carbocycles. The van der Waals surface area contributed by atoms with Crippen LogP contribution < -0.4 is 0 Å². The molecule has 0 spiro atoms. The third kappa shape index (κ3) is 2.96. The van der Waals surface area contributed by atoms with Gasteiger partial charge < -0.3 is 5.11 Å². The molecule has 100 valence electrons. The number of aryl methyl sites for hydroxylation is 1. The highest BCUT2D eigenvalue weighted by molar-refractivity contribution is 5.38. The lowest BCUT2D eigenvalue weighted by atomic mass is 9.95. The zero-order chi connectivity index (χ0) is 14.0. The highest BCUT2D eigenvalue weighted by Crippen LogP contribution is 2.36. The first-order chi connectivity index (χ1) is 8.89. The molecule has 2 rings (SSSR count). The molecule has 1 N–H and O–H groups in total. The molecule has 0 radical (unpaired) electrons. The van der Waals surface area contributed by atoms with E-state index in [9.17, 15) is 18.3 Å². The van der Waals surface area contributed by atoms with Gasteiger partial charge in [-0.1, -0.05) is 48.0 Å². The van der Waals surface area contributed by atoms with E-state index in [1.165, 1.54) is 18.2 Å². The molecule has 0 amide bonds. The minimum absolute atomic E-state index is 0.124. The summed E-state index contributed by atoms with van der Waals surface area (Å²) in [5.41, 5.74) is 0.419. The maximum atomic E-state index is 12.9. The molecule has 0 aliphatic carbocycles. The fraction of sp³-hybridized carbons (Fsp3) is 0.200. The van der Waals surface area contributed by atoms with Crippen molar-refractivity contribution >= 4 is 0 Å². The molecular weight excluding hydrogens is 253 g/mol. The molecule has 2 aromatic rings. The maximum Gasteiger partial charge on any atom is 0.416 e. The summed E-state index contributed by atoms with van der Waals surface area (Å²) in [5, 5.41) is 10.2. The average molecular weight is 266 g/mol. The number of benzene rings is 2. The van der Waals surface area contributed by atoms with Crippen molar-refractivity contribution in [1.29, 1.82) is 0 Å². The van der Waals surface area contributed by atoms with Crippen molar-refractivity contribution in [3.63, 3.8) is 0 Å². The summed E-state index contributed by atoms with van der Waals surface area (Å²) in [7, 11) is 0. The normalized spacial score (nSPS) is 13.3. The largest absolute Gasteiger partial charge is 0.416 e. The molecule has 1 atom stereocenters. The molecular formula is C15H13F3O. The summed E-state index contributed by atoms with van der Waals surface area (Å²) in [6.45, 7) is 1.83. The van der Waals surface area contributed by atoms with Gasteiger partial charge in [0.1, 0.15) is 6.10 Å². The number of hydrogen-bond acceptors (Lipinski definition) is 1. The van der Waals surface area contributed by atoms with E-state index in [0.29, 0.717) is 5.56 Å². The highest BCUT2D eigenvalue weighted by Gasteiger charge is 2.34. The Morgan fingerprint density at radius 1 is 1.00 bits per heavy atom. The number of aliphatic hydroxyl groups is 1. The van der Waals surface area contributed by atoms with Crippen LogP contribution in [0.15, 0.2) is 48.5 Å². The fourth-order valence-electron chi connectivity index (χ4n) is 2.01. The third-order valence-corrected chi connectivity index (χ3v) is 2.92. The van der Waals surface area contributed by atoms with E-state index in [1.54, 1.807) is 18.2 Å². The van der Waals surface area contributed by atoms with Gasteiger partial charge in [-0.3, -0.25) is 0 Å². The van der Waals surface area contributed by atoms with Crippen LogP contribution in [0.4, 0.5) is 13.2 Å². The lowest BCUT2D eigenvalue weighted by Crippen LogP contribution is -2.12. The summed E-state index contributed by atoms with van der Waals surface area (Å²) >= 11 is 0. The molecule has 0 fully saturated rings. The van der Waals surface area contributed by atoms with Crippen LogP contribution in [0, 0.1) is 6.92 Å². The lowest BCUT2D eigenvalue weighted by Gasteiger charge is -2.18. The maximum absolute atomic E-state index is 12.9. The van der Waals surface area contributed by atoms with Gasteiger partial charge in [-0.25, -0.2) is 0 Å². The molecule has 0 aliphatic rings. The molecule has 0 aliphatic heterocycles. The van der Waals surface area contributed by atoms with Crippen LogP contribution in [0.5, 0.6) is 0 Å². The van der Waals surface area contributed by atoms with Crippen molar-refractivity contribution in [3.8, 4) is 0 Å². The Balaban J connectivity index is 2.48. The zero-order valence-electron chi connectivity index (χ0n) is 10.3. The van der Waals surface area contributed by atoms with E-state index >= 15 is 0 Å². The fourth-order valence-corrected chi connectivity index (χ4v) is 2.01. The topological polar surface area (TPSA) is 20.2 Å². The number of hydrogen-bond donors (Lipinski definition) is 1. The Bertz CT molecular complexity index is 576. The molecule has 0 bridgehead atoms. The van der Waals surface area contributed by atoms with Gasteiger partial charge in [-0.05, 0) is 24.1 Å². The van der Waals surface area contributed by atoms with Gasteiger partial charge in [0, 0.05) is 0 Å². The predicted octanol–water partition coefficient (Wildman–Crippen LogP) is 4.10. The summed E-state index contributed by atoms with van der Waals surface area (Å²) in [5.74, 6) is 0. The summed E-state index contributed by atoms with van der Waals surface area (Å²) in [6.07, 6.45) is -5.75. The Morgan fingerprint density at radius 2 is 1.68 bits per heavy atom. The van der Waals surface area contributed by atoms with Gasteiger partial charge in [-0.2, -0.15) is 13.2 Å². The average Bonchev–Trinajstić information content (AvgIpc) is 2.37. The molecule has 4 heteroatoms.